The van der Waals surface area contributed by atoms with Crippen molar-refractivity contribution in [2.45, 2.75) is 103 Å². The maximum Gasteiger partial charge on any atom is 0.0618 e. The van der Waals surface area contributed by atoms with Gasteiger partial charge in [0.2, 0.25) is 0 Å². The molecule has 31 heavy (non-hydrogen) atoms. The molecule has 0 aromatic heterocycles. The van der Waals surface area contributed by atoms with Crippen molar-refractivity contribution < 1.29 is 20.1 Å². The standard InChI is InChI=1S/C27H46O4/c1-16-23(7-4-17(14-28)15-29)31-24-13-22-20-6-5-18-12-19(30)8-10-26(18,2)21(20)9-11-27(22,3)25(16)24/h16-25,28-30H,4-15H2,1-3H3/t16-,18?,19?,20-,21+,22+,23?,24+,25+,26+,27+/m1/s1. The molecular weight excluding hydrogens is 388 g/mol. The van der Waals surface area contributed by atoms with Crippen LogP contribution in [-0.2, 0) is 4.74 Å². The molecule has 5 aliphatic rings. The van der Waals surface area contributed by atoms with E-state index in [1.165, 1.54) is 38.5 Å². The Bertz CT molecular complexity index is 649. The molecule has 4 aliphatic carbocycles. The van der Waals surface area contributed by atoms with Gasteiger partial charge in [-0.1, -0.05) is 20.8 Å². The molecule has 1 heterocycles. The topological polar surface area (TPSA) is 69.9 Å². The SMILES string of the molecule is C[C@@H]1C(CCC(CO)CO)O[C@H]2C[C@H]3[C@@H]4CCC5CC(O)CC[C@]5(C)[C@H]4CC[C@]3(C)[C@H]21. The molecule has 0 radical (unpaired) electrons. The molecule has 0 spiro atoms. The highest BCUT2D eigenvalue weighted by Gasteiger charge is 2.65. The molecule has 4 nitrogen and oxygen atoms in total. The van der Waals surface area contributed by atoms with Crippen molar-refractivity contribution in [3.8, 4) is 0 Å². The van der Waals surface area contributed by atoms with Crippen LogP contribution in [0.2, 0.25) is 0 Å². The van der Waals surface area contributed by atoms with Gasteiger partial charge in [0.05, 0.1) is 18.3 Å². The Balaban J connectivity index is 1.30. The molecule has 3 N–H and O–H groups in total. The Morgan fingerprint density at radius 2 is 1.68 bits per heavy atom. The maximum atomic E-state index is 10.3. The first-order valence-corrected chi connectivity index (χ1v) is 13.4. The third-order valence-corrected chi connectivity index (χ3v) is 11.6. The maximum absolute atomic E-state index is 10.3. The molecule has 4 saturated carbocycles. The van der Waals surface area contributed by atoms with Crippen LogP contribution in [0.1, 0.15) is 85.0 Å². The smallest absolute Gasteiger partial charge is 0.0618 e. The number of fused-ring (bicyclic) bond motifs is 7. The minimum Gasteiger partial charge on any atom is -0.396 e. The summed E-state index contributed by atoms with van der Waals surface area (Å²) in [6, 6.07) is 0. The van der Waals surface area contributed by atoms with Crippen molar-refractivity contribution >= 4 is 0 Å². The second kappa shape index (κ2) is 8.25. The van der Waals surface area contributed by atoms with E-state index in [2.05, 4.69) is 20.8 Å². The van der Waals surface area contributed by atoms with E-state index in [1.54, 1.807) is 0 Å². The van der Waals surface area contributed by atoms with E-state index in [1.807, 2.05) is 0 Å². The van der Waals surface area contributed by atoms with Gasteiger partial charge >= 0.3 is 0 Å². The fourth-order valence-electron chi connectivity index (χ4n) is 9.89. The van der Waals surface area contributed by atoms with Gasteiger partial charge in [-0.25, -0.2) is 0 Å². The van der Waals surface area contributed by atoms with Crippen molar-refractivity contribution in [1.82, 2.24) is 0 Å². The largest absolute Gasteiger partial charge is 0.396 e. The van der Waals surface area contributed by atoms with Gasteiger partial charge in [0.15, 0.2) is 0 Å². The average Bonchev–Trinajstić information content (AvgIpc) is 3.23. The summed E-state index contributed by atoms with van der Waals surface area (Å²) in [5.41, 5.74) is 0.852. The van der Waals surface area contributed by atoms with Crippen molar-refractivity contribution in [3.05, 3.63) is 0 Å². The molecular formula is C27H46O4. The molecule has 5 fully saturated rings. The van der Waals surface area contributed by atoms with Crippen LogP contribution in [0.3, 0.4) is 0 Å². The predicted molar refractivity (Wildman–Crippen MR) is 121 cm³/mol. The number of rotatable bonds is 5. The quantitative estimate of drug-likeness (QED) is 0.600. The summed E-state index contributed by atoms with van der Waals surface area (Å²) in [5, 5.41) is 29.1. The lowest BCUT2D eigenvalue weighted by atomic mass is 9.44. The van der Waals surface area contributed by atoms with E-state index in [0.717, 1.165) is 49.4 Å². The molecule has 1 saturated heterocycles. The van der Waals surface area contributed by atoms with Crippen LogP contribution >= 0.6 is 0 Å². The summed E-state index contributed by atoms with van der Waals surface area (Å²) >= 11 is 0. The van der Waals surface area contributed by atoms with Gasteiger partial charge in [-0.05, 0) is 111 Å². The lowest BCUT2D eigenvalue weighted by Gasteiger charge is -2.61. The fraction of sp³-hybridized carbons (Fsp3) is 1.00. The Kier molecular flexibility index (Phi) is 6.02. The molecule has 0 aromatic carbocycles. The molecule has 11 atom stereocenters. The first-order valence-electron chi connectivity index (χ1n) is 13.4. The Hall–Kier alpha value is -0.160. The van der Waals surface area contributed by atoms with Crippen LogP contribution in [0, 0.1) is 52.3 Å². The fourth-order valence-corrected chi connectivity index (χ4v) is 9.89. The summed E-state index contributed by atoms with van der Waals surface area (Å²) in [7, 11) is 0. The molecule has 178 valence electrons. The molecule has 3 unspecified atom stereocenters. The average molecular weight is 435 g/mol. The summed E-state index contributed by atoms with van der Waals surface area (Å²) in [5.74, 6) is 4.47. The van der Waals surface area contributed by atoms with E-state index in [4.69, 9.17) is 4.74 Å². The van der Waals surface area contributed by atoms with E-state index in [-0.39, 0.29) is 25.2 Å². The predicted octanol–water partition coefficient (Wildman–Crippen LogP) is 4.40. The van der Waals surface area contributed by atoms with E-state index >= 15 is 0 Å². The van der Waals surface area contributed by atoms with Crippen LogP contribution < -0.4 is 0 Å². The second-order valence-corrected chi connectivity index (χ2v) is 12.8. The Morgan fingerprint density at radius 3 is 2.42 bits per heavy atom. The molecule has 0 amide bonds. The normalized spacial score (nSPS) is 53.7. The summed E-state index contributed by atoms with van der Waals surface area (Å²) in [6.45, 7) is 7.74. The Morgan fingerprint density at radius 1 is 0.935 bits per heavy atom. The zero-order valence-electron chi connectivity index (χ0n) is 20.0. The summed E-state index contributed by atoms with van der Waals surface area (Å²) in [4.78, 5) is 0. The number of ether oxygens (including phenoxy) is 1. The van der Waals surface area contributed by atoms with E-state index in [9.17, 15) is 15.3 Å². The van der Waals surface area contributed by atoms with E-state index < -0.39 is 0 Å². The molecule has 5 rings (SSSR count). The lowest BCUT2D eigenvalue weighted by Crippen LogP contribution is -2.54. The molecule has 0 bridgehead atoms. The lowest BCUT2D eigenvalue weighted by molar-refractivity contribution is -0.130. The number of aliphatic hydroxyl groups excluding tert-OH is 3. The van der Waals surface area contributed by atoms with Crippen molar-refractivity contribution in [2.75, 3.05) is 13.2 Å². The minimum atomic E-state index is -0.0586. The van der Waals surface area contributed by atoms with Gasteiger partial charge < -0.3 is 20.1 Å². The zero-order chi connectivity index (χ0) is 22.0. The highest BCUT2D eigenvalue weighted by molar-refractivity contribution is 5.14. The number of hydrogen-bond donors (Lipinski definition) is 3. The van der Waals surface area contributed by atoms with Crippen molar-refractivity contribution in [1.29, 1.82) is 0 Å². The second-order valence-electron chi connectivity index (χ2n) is 12.8. The third kappa shape index (κ3) is 3.45. The van der Waals surface area contributed by atoms with Gasteiger partial charge in [-0.2, -0.15) is 0 Å². The van der Waals surface area contributed by atoms with Crippen molar-refractivity contribution in [2.24, 2.45) is 52.3 Å². The summed E-state index contributed by atoms with van der Waals surface area (Å²) < 4.78 is 6.72. The number of aliphatic hydroxyl groups is 3. The van der Waals surface area contributed by atoms with Crippen LogP contribution in [0.4, 0.5) is 0 Å². The highest BCUT2D eigenvalue weighted by Crippen LogP contribution is 2.70. The number of hydrogen-bond acceptors (Lipinski definition) is 4. The van der Waals surface area contributed by atoms with Gasteiger partial charge in [0.25, 0.3) is 0 Å². The van der Waals surface area contributed by atoms with Crippen LogP contribution in [-0.4, -0.2) is 46.8 Å². The van der Waals surface area contributed by atoms with Gasteiger partial charge in [-0.3, -0.25) is 0 Å². The van der Waals surface area contributed by atoms with E-state index in [0.29, 0.717) is 34.9 Å². The Labute approximate surface area is 189 Å². The molecule has 0 aromatic rings. The monoisotopic (exact) mass is 434 g/mol. The highest BCUT2D eigenvalue weighted by atomic mass is 16.5. The van der Waals surface area contributed by atoms with Gasteiger partial charge in [0.1, 0.15) is 0 Å². The minimum absolute atomic E-state index is 0.0000421. The van der Waals surface area contributed by atoms with Crippen LogP contribution in [0.25, 0.3) is 0 Å². The molecule has 1 aliphatic heterocycles. The van der Waals surface area contributed by atoms with Crippen LogP contribution in [0.15, 0.2) is 0 Å². The molecule has 4 heteroatoms. The van der Waals surface area contributed by atoms with Crippen molar-refractivity contribution in [3.63, 3.8) is 0 Å². The van der Waals surface area contributed by atoms with Gasteiger partial charge in [0, 0.05) is 19.1 Å². The van der Waals surface area contributed by atoms with Gasteiger partial charge in [-0.15, -0.1) is 0 Å². The zero-order valence-corrected chi connectivity index (χ0v) is 20.0. The first kappa shape index (κ1) is 22.6. The van der Waals surface area contributed by atoms with Crippen LogP contribution in [0.5, 0.6) is 0 Å². The first-order chi connectivity index (χ1) is 14.8. The summed E-state index contributed by atoms with van der Waals surface area (Å²) in [6.07, 6.45) is 12.4. The third-order valence-electron chi connectivity index (χ3n) is 11.6.